The molecule has 0 aliphatic heterocycles. The Bertz CT molecular complexity index is 1170. The summed E-state index contributed by atoms with van der Waals surface area (Å²) in [5.74, 6) is 0.449. The van der Waals surface area contributed by atoms with Crippen LogP contribution >= 0.6 is 0 Å². The van der Waals surface area contributed by atoms with Crippen LogP contribution in [0.2, 0.25) is 0 Å². The Kier molecular flexibility index (Phi) is 8.42. The van der Waals surface area contributed by atoms with Crippen LogP contribution in [0.15, 0.2) is 54.7 Å². The van der Waals surface area contributed by atoms with E-state index in [0.29, 0.717) is 42.6 Å². The Morgan fingerprint density at radius 3 is 2.56 bits per heavy atom. The number of benzene rings is 2. The van der Waals surface area contributed by atoms with Crippen LogP contribution < -0.4 is 25.4 Å². The largest absolute Gasteiger partial charge is 0.490 e. The molecule has 0 bridgehead atoms. The van der Waals surface area contributed by atoms with E-state index >= 15 is 0 Å². The molecule has 0 aliphatic carbocycles. The Hall–Kier alpha value is -4.11. The van der Waals surface area contributed by atoms with Crippen LogP contribution in [0, 0.1) is 13.8 Å². The van der Waals surface area contributed by atoms with Gasteiger partial charge in [0.15, 0.2) is 5.69 Å². The van der Waals surface area contributed by atoms with Gasteiger partial charge in [-0.2, -0.15) is 0 Å². The minimum atomic E-state index is -1.12. The second-order valence-corrected chi connectivity index (χ2v) is 7.64. The number of urea groups is 1. The van der Waals surface area contributed by atoms with Crippen molar-refractivity contribution in [3.05, 3.63) is 77.1 Å². The minimum Gasteiger partial charge on any atom is -0.490 e. The molecule has 1 aromatic heterocycles. The summed E-state index contributed by atoms with van der Waals surface area (Å²) in [5, 5.41) is 17.8. The van der Waals surface area contributed by atoms with E-state index in [1.54, 1.807) is 12.1 Å². The van der Waals surface area contributed by atoms with Gasteiger partial charge in [0, 0.05) is 25.4 Å². The van der Waals surface area contributed by atoms with E-state index < -0.39 is 5.97 Å². The number of rotatable bonds is 10. The molecule has 0 radical (unpaired) electrons. The number of carbonyl (C=O) groups is 2. The number of aromatic carboxylic acids is 1. The summed E-state index contributed by atoms with van der Waals surface area (Å²) < 4.78 is 11.5. The molecule has 3 rings (SSSR count). The van der Waals surface area contributed by atoms with Gasteiger partial charge < -0.3 is 30.5 Å². The maximum absolute atomic E-state index is 12.5. The van der Waals surface area contributed by atoms with Gasteiger partial charge in [0.05, 0.1) is 5.69 Å². The highest BCUT2D eigenvalue weighted by atomic mass is 16.5. The fourth-order valence-corrected chi connectivity index (χ4v) is 3.13. The first-order valence-corrected chi connectivity index (χ1v) is 10.8. The molecular weight excluding hydrogens is 436 g/mol. The van der Waals surface area contributed by atoms with E-state index in [0.717, 1.165) is 16.7 Å². The quantitative estimate of drug-likeness (QED) is 0.333. The third-order valence-electron chi connectivity index (χ3n) is 4.86. The zero-order chi connectivity index (χ0) is 24.5. The smallest absolute Gasteiger partial charge is 0.354 e. The molecule has 2 aromatic carbocycles. The van der Waals surface area contributed by atoms with Crippen LogP contribution in [-0.2, 0) is 6.54 Å². The summed E-state index contributed by atoms with van der Waals surface area (Å²) in [5.41, 5.74) is 3.24. The molecule has 2 amide bonds. The molecule has 4 N–H and O–H groups in total. The van der Waals surface area contributed by atoms with E-state index in [4.69, 9.17) is 14.6 Å². The van der Waals surface area contributed by atoms with Crippen molar-refractivity contribution in [1.82, 2.24) is 15.6 Å². The Balaban J connectivity index is 1.59. The Labute approximate surface area is 198 Å². The highest BCUT2D eigenvalue weighted by molar-refractivity contribution is 5.91. The topological polar surface area (TPSA) is 122 Å². The number of ether oxygens (including phenoxy) is 2. The second kappa shape index (κ2) is 11.7. The standard InChI is InChI=1S/C25H28N4O5/c1-16-4-6-23(33-11-10-26-3)20(12-16)29-25(32)28-15-18-5-7-22(17(2)13-18)34-19-8-9-27-21(14-19)24(30)31/h4-9,12-14,26H,10-11,15H2,1-3H3,(H,30,31)(H2,28,29,32). The number of aromatic nitrogens is 1. The van der Waals surface area contributed by atoms with Gasteiger partial charge in [0.2, 0.25) is 0 Å². The fraction of sp³-hybridized carbons (Fsp3) is 0.240. The maximum atomic E-state index is 12.5. The van der Waals surface area contributed by atoms with Crippen LogP contribution in [-0.4, -0.2) is 42.3 Å². The summed E-state index contributed by atoms with van der Waals surface area (Å²) >= 11 is 0. The van der Waals surface area contributed by atoms with Gasteiger partial charge in [0.1, 0.15) is 23.9 Å². The molecule has 0 fully saturated rings. The number of hydrogen-bond acceptors (Lipinski definition) is 6. The predicted molar refractivity (Wildman–Crippen MR) is 129 cm³/mol. The SMILES string of the molecule is CNCCOc1ccc(C)cc1NC(=O)NCc1ccc(Oc2ccnc(C(=O)O)c2)c(C)c1. The molecule has 0 unspecified atom stereocenters. The normalized spacial score (nSPS) is 10.4. The summed E-state index contributed by atoms with van der Waals surface area (Å²) in [6.07, 6.45) is 1.39. The average Bonchev–Trinajstić information content (AvgIpc) is 2.81. The number of hydrogen-bond donors (Lipinski definition) is 4. The first-order valence-electron chi connectivity index (χ1n) is 10.8. The molecule has 3 aromatic rings. The molecule has 0 aliphatic rings. The van der Waals surface area contributed by atoms with Crippen molar-refractivity contribution < 1.29 is 24.2 Å². The number of nitrogens with one attached hydrogen (secondary N) is 3. The number of aryl methyl sites for hydroxylation is 2. The number of carbonyl (C=O) groups excluding carboxylic acids is 1. The predicted octanol–water partition coefficient (Wildman–Crippen LogP) is 4.11. The van der Waals surface area contributed by atoms with E-state index in [9.17, 15) is 9.59 Å². The first-order chi connectivity index (χ1) is 16.4. The third kappa shape index (κ3) is 6.94. The van der Waals surface area contributed by atoms with Gasteiger partial charge in [-0.1, -0.05) is 18.2 Å². The summed E-state index contributed by atoms with van der Waals surface area (Å²) in [4.78, 5) is 27.4. The van der Waals surface area contributed by atoms with Gasteiger partial charge >= 0.3 is 12.0 Å². The fourth-order valence-electron chi connectivity index (χ4n) is 3.13. The molecule has 1 heterocycles. The van der Waals surface area contributed by atoms with Crippen molar-refractivity contribution in [3.8, 4) is 17.2 Å². The monoisotopic (exact) mass is 464 g/mol. The highest BCUT2D eigenvalue weighted by Gasteiger charge is 2.10. The molecule has 178 valence electrons. The molecule has 0 saturated heterocycles. The summed E-state index contributed by atoms with van der Waals surface area (Å²) in [7, 11) is 1.85. The van der Waals surface area contributed by atoms with Crippen molar-refractivity contribution in [2.24, 2.45) is 0 Å². The van der Waals surface area contributed by atoms with Gasteiger partial charge in [-0.3, -0.25) is 0 Å². The van der Waals surface area contributed by atoms with Crippen molar-refractivity contribution in [2.45, 2.75) is 20.4 Å². The molecule has 0 spiro atoms. The second-order valence-electron chi connectivity index (χ2n) is 7.64. The zero-order valence-corrected chi connectivity index (χ0v) is 19.3. The maximum Gasteiger partial charge on any atom is 0.354 e. The van der Waals surface area contributed by atoms with E-state index in [1.165, 1.54) is 12.3 Å². The van der Waals surface area contributed by atoms with Crippen LogP contribution in [0.1, 0.15) is 27.2 Å². The van der Waals surface area contributed by atoms with Crippen molar-refractivity contribution in [2.75, 3.05) is 25.5 Å². The number of carboxylic acid groups (broad SMARTS) is 1. The molecule has 9 heteroatoms. The van der Waals surface area contributed by atoms with Gasteiger partial charge in [-0.15, -0.1) is 0 Å². The first kappa shape index (κ1) is 24.5. The highest BCUT2D eigenvalue weighted by Crippen LogP contribution is 2.27. The Morgan fingerprint density at radius 1 is 1.03 bits per heavy atom. The van der Waals surface area contributed by atoms with Gasteiger partial charge in [0.25, 0.3) is 0 Å². The van der Waals surface area contributed by atoms with Crippen LogP contribution in [0.5, 0.6) is 17.2 Å². The number of pyridine rings is 1. The molecule has 0 atom stereocenters. The van der Waals surface area contributed by atoms with Crippen LogP contribution in [0.4, 0.5) is 10.5 Å². The number of amides is 2. The van der Waals surface area contributed by atoms with E-state index in [1.807, 2.05) is 51.2 Å². The molecule has 9 nitrogen and oxygen atoms in total. The average molecular weight is 465 g/mol. The molecule has 34 heavy (non-hydrogen) atoms. The van der Waals surface area contributed by atoms with Crippen molar-refractivity contribution in [3.63, 3.8) is 0 Å². The van der Waals surface area contributed by atoms with Gasteiger partial charge in [-0.05, 0) is 61.9 Å². The van der Waals surface area contributed by atoms with E-state index in [-0.39, 0.29) is 11.7 Å². The lowest BCUT2D eigenvalue weighted by Crippen LogP contribution is -2.28. The lowest BCUT2D eigenvalue weighted by Gasteiger charge is -2.14. The van der Waals surface area contributed by atoms with Crippen molar-refractivity contribution >= 4 is 17.7 Å². The molecule has 0 saturated carbocycles. The summed E-state index contributed by atoms with van der Waals surface area (Å²) in [6.45, 7) is 5.31. The zero-order valence-electron chi connectivity index (χ0n) is 19.3. The number of anilines is 1. The minimum absolute atomic E-state index is 0.0915. The van der Waals surface area contributed by atoms with Gasteiger partial charge in [-0.25, -0.2) is 14.6 Å². The number of likely N-dealkylation sites (N-methyl/N-ethyl adjacent to an activating group) is 1. The summed E-state index contributed by atoms with van der Waals surface area (Å²) in [6, 6.07) is 13.7. The van der Waals surface area contributed by atoms with Crippen LogP contribution in [0.25, 0.3) is 0 Å². The third-order valence-corrected chi connectivity index (χ3v) is 4.86. The lowest BCUT2D eigenvalue weighted by atomic mass is 10.1. The molecular formula is C25H28N4O5. The van der Waals surface area contributed by atoms with Crippen molar-refractivity contribution in [1.29, 1.82) is 0 Å². The lowest BCUT2D eigenvalue weighted by molar-refractivity contribution is 0.0690. The van der Waals surface area contributed by atoms with Crippen LogP contribution in [0.3, 0.4) is 0 Å². The Morgan fingerprint density at radius 2 is 1.82 bits per heavy atom. The number of nitrogens with zero attached hydrogens (tertiary/aromatic N) is 1. The van der Waals surface area contributed by atoms with E-state index in [2.05, 4.69) is 20.9 Å². The number of carboxylic acids is 1.